The number of nitrogens with one attached hydrogen (secondary N) is 1. The normalized spacial score (nSPS) is 10.6. The average Bonchev–Trinajstić information content (AvgIpc) is 3.07. The number of rotatable bonds is 7. The van der Waals surface area contributed by atoms with Gasteiger partial charge in [-0.3, -0.25) is 9.59 Å². The first-order valence-electron chi connectivity index (χ1n) is 8.59. The zero-order chi connectivity index (χ0) is 19.2. The fourth-order valence-corrected chi connectivity index (χ4v) is 3.29. The lowest BCUT2D eigenvalue weighted by Crippen LogP contribution is -2.10. The molecule has 0 spiro atoms. The van der Waals surface area contributed by atoms with Gasteiger partial charge >= 0.3 is 0 Å². The van der Waals surface area contributed by atoms with Crippen LogP contribution in [0.5, 0.6) is 0 Å². The number of carbonyl (C=O) groups is 2. The van der Waals surface area contributed by atoms with Crippen LogP contribution in [0.15, 0.2) is 59.8 Å². The molecule has 1 heterocycles. The molecule has 2 aromatic carbocycles. The third-order valence-corrected chi connectivity index (χ3v) is 5.03. The van der Waals surface area contributed by atoms with E-state index in [2.05, 4.69) is 15.5 Å². The monoisotopic (exact) mass is 380 g/mol. The molecule has 0 saturated heterocycles. The average molecular weight is 380 g/mol. The number of thioether (sulfide) groups is 1. The van der Waals surface area contributed by atoms with Crippen molar-refractivity contribution >= 4 is 29.1 Å². The predicted molar refractivity (Wildman–Crippen MR) is 107 cm³/mol. The van der Waals surface area contributed by atoms with Gasteiger partial charge in [0.1, 0.15) is 0 Å². The predicted octanol–water partition coefficient (Wildman–Crippen LogP) is 3.81. The van der Waals surface area contributed by atoms with Crippen LogP contribution in [0, 0.1) is 0 Å². The van der Waals surface area contributed by atoms with E-state index in [1.54, 1.807) is 31.2 Å². The maximum absolute atomic E-state index is 12.4. The molecule has 1 N–H and O–H groups in total. The van der Waals surface area contributed by atoms with Gasteiger partial charge in [-0.1, -0.05) is 49.0 Å². The number of ketones is 1. The Bertz CT molecular complexity index is 936. The van der Waals surface area contributed by atoms with Crippen LogP contribution in [0.2, 0.25) is 0 Å². The van der Waals surface area contributed by atoms with Gasteiger partial charge in [0, 0.05) is 30.3 Å². The van der Waals surface area contributed by atoms with E-state index in [9.17, 15) is 9.59 Å². The fraction of sp³-hybridized carbons (Fsp3) is 0.200. The lowest BCUT2D eigenvalue weighted by atomic mass is 10.1. The van der Waals surface area contributed by atoms with Crippen molar-refractivity contribution in [2.45, 2.75) is 18.5 Å². The molecule has 0 aliphatic rings. The van der Waals surface area contributed by atoms with Gasteiger partial charge in [-0.15, -0.1) is 10.2 Å². The highest BCUT2D eigenvalue weighted by molar-refractivity contribution is 7.99. The number of aromatic nitrogens is 3. The second-order valence-corrected chi connectivity index (χ2v) is 6.86. The van der Waals surface area contributed by atoms with Crippen LogP contribution < -0.4 is 5.32 Å². The first kappa shape index (κ1) is 18.8. The molecule has 6 nitrogen and oxygen atoms in total. The molecule has 0 fully saturated rings. The number of benzene rings is 2. The molecule has 0 unspecified atom stereocenters. The molecule has 0 aliphatic heterocycles. The highest BCUT2D eigenvalue weighted by Crippen LogP contribution is 2.23. The zero-order valence-corrected chi connectivity index (χ0v) is 16.0. The minimum absolute atomic E-state index is 0.00220. The summed E-state index contributed by atoms with van der Waals surface area (Å²) >= 11 is 1.35. The van der Waals surface area contributed by atoms with E-state index in [0.29, 0.717) is 22.8 Å². The van der Waals surface area contributed by atoms with Crippen LogP contribution in [0.4, 0.5) is 5.69 Å². The van der Waals surface area contributed by atoms with Crippen molar-refractivity contribution in [2.75, 3.05) is 11.1 Å². The molecule has 27 heavy (non-hydrogen) atoms. The molecule has 0 radical (unpaired) electrons. The summed E-state index contributed by atoms with van der Waals surface area (Å²) in [6.07, 6.45) is 0.417. The van der Waals surface area contributed by atoms with E-state index in [1.807, 2.05) is 41.9 Å². The number of hydrogen-bond donors (Lipinski definition) is 1. The van der Waals surface area contributed by atoms with E-state index in [0.717, 1.165) is 11.4 Å². The van der Waals surface area contributed by atoms with Crippen LogP contribution in [0.25, 0.3) is 11.4 Å². The summed E-state index contributed by atoms with van der Waals surface area (Å²) in [5.41, 5.74) is 2.27. The fourth-order valence-electron chi connectivity index (χ4n) is 2.48. The Morgan fingerprint density at radius 3 is 2.41 bits per heavy atom. The number of amides is 1. The van der Waals surface area contributed by atoms with Gasteiger partial charge in [0.15, 0.2) is 16.8 Å². The topological polar surface area (TPSA) is 76.9 Å². The molecular formula is C20H20N4O2S. The van der Waals surface area contributed by atoms with Crippen LogP contribution in [0.3, 0.4) is 0 Å². The van der Waals surface area contributed by atoms with Gasteiger partial charge in [0.2, 0.25) is 5.91 Å². The Balaban J connectivity index is 1.63. The van der Waals surface area contributed by atoms with Crippen molar-refractivity contribution in [2.24, 2.45) is 7.05 Å². The van der Waals surface area contributed by atoms with E-state index < -0.39 is 0 Å². The SMILES string of the molecule is CCC(=O)Nc1ccc(C(=O)CSc2nnc(-c3ccccc3)n2C)cc1. The molecule has 0 atom stereocenters. The van der Waals surface area contributed by atoms with E-state index in [-0.39, 0.29) is 17.4 Å². The van der Waals surface area contributed by atoms with Gasteiger partial charge < -0.3 is 9.88 Å². The Morgan fingerprint density at radius 2 is 1.74 bits per heavy atom. The van der Waals surface area contributed by atoms with Crippen LogP contribution in [-0.4, -0.2) is 32.2 Å². The molecule has 3 rings (SSSR count). The lowest BCUT2D eigenvalue weighted by molar-refractivity contribution is -0.115. The van der Waals surface area contributed by atoms with Crippen molar-refractivity contribution in [1.82, 2.24) is 14.8 Å². The van der Waals surface area contributed by atoms with Crippen molar-refractivity contribution in [3.63, 3.8) is 0 Å². The number of hydrogen-bond acceptors (Lipinski definition) is 5. The minimum Gasteiger partial charge on any atom is -0.326 e. The first-order chi connectivity index (χ1) is 13.1. The second kappa shape index (κ2) is 8.64. The molecule has 0 aliphatic carbocycles. The van der Waals surface area contributed by atoms with Gasteiger partial charge in [0.05, 0.1) is 5.75 Å². The molecule has 7 heteroatoms. The number of nitrogens with zero attached hydrogens (tertiary/aromatic N) is 3. The van der Waals surface area contributed by atoms with E-state index in [1.165, 1.54) is 11.8 Å². The standard InChI is InChI=1S/C20H20N4O2S/c1-3-18(26)21-16-11-9-14(10-12-16)17(25)13-27-20-23-22-19(24(20)2)15-7-5-4-6-8-15/h4-12H,3,13H2,1-2H3,(H,21,26). The van der Waals surface area contributed by atoms with Gasteiger partial charge in [-0.05, 0) is 24.3 Å². The minimum atomic E-state index is -0.0545. The summed E-state index contributed by atoms with van der Waals surface area (Å²) in [6, 6.07) is 16.7. The van der Waals surface area contributed by atoms with Crippen LogP contribution >= 0.6 is 11.8 Å². The summed E-state index contributed by atoms with van der Waals surface area (Å²) in [4.78, 5) is 23.8. The molecule has 1 amide bonds. The van der Waals surface area contributed by atoms with Gasteiger partial charge in [-0.25, -0.2) is 0 Å². The molecule has 1 aromatic heterocycles. The maximum atomic E-state index is 12.4. The van der Waals surface area contributed by atoms with Crippen molar-refractivity contribution in [3.05, 3.63) is 60.2 Å². The van der Waals surface area contributed by atoms with Gasteiger partial charge in [0.25, 0.3) is 0 Å². The highest BCUT2D eigenvalue weighted by atomic mass is 32.2. The molecule has 0 bridgehead atoms. The highest BCUT2D eigenvalue weighted by Gasteiger charge is 2.13. The third-order valence-electron chi connectivity index (χ3n) is 4.01. The first-order valence-corrected chi connectivity index (χ1v) is 9.57. The number of carbonyl (C=O) groups excluding carboxylic acids is 2. The Hall–Kier alpha value is -2.93. The Morgan fingerprint density at radius 1 is 1.04 bits per heavy atom. The van der Waals surface area contributed by atoms with Crippen molar-refractivity contribution in [1.29, 1.82) is 0 Å². The van der Waals surface area contributed by atoms with Crippen molar-refractivity contribution < 1.29 is 9.59 Å². The summed E-state index contributed by atoms with van der Waals surface area (Å²) in [6.45, 7) is 1.79. The lowest BCUT2D eigenvalue weighted by Gasteiger charge is -2.06. The number of Topliss-reactive ketones (excluding diaryl/α,β-unsaturated/α-hetero) is 1. The van der Waals surface area contributed by atoms with Crippen LogP contribution in [-0.2, 0) is 11.8 Å². The summed E-state index contributed by atoms with van der Waals surface area (Å²) in [5.74, 6) is 0.974. The Labute approximate surface area is 162 Å². The second-order valence-electron chi connectivity index (χ2n) is 5.92. The maximum Gasteiger partial charge on any atom is 0.224 e. The largest absolute Gasteiger partial charge is 0.326 e. The third kappa shape index (κ3) is 4.62. The summed E-state index contributed by atoms with van der Waals surface area (Å²) < 4.78 is 1.89. The smallest absolute Gasteiger partial charge is 0.224 e. The van der Waals surface area contributed by atoms with Gasteiger partial charge in [-0.2, -0.15) is 0 Å². The Kier molecular flexibility index (Phi) is 6.03. The quantitative estimate of drug-likeness (QED) is 0.498. The number of anilines is 1. The van der Waals surface area contributed by atoms with Crippen molar-refractivity contribution in [3.8, 4) is 11.4 Å². The molecule has 0 saturated carbocycles. The molecular weight excluding hydrogens is 360 g/mol. The molecule has 3 aromatic rings. The van der Waals surface area contributed by atoms with E-state index in [4.69, 9.17) is 0 Å². The van der Waals surface area contributed by atoms with E-state index >= 15 is 0 Å². The summed E-state index contributed by atoms with van der Waals surface area (Å²) in [5, 5.41) is 11.9. The molecule has 138 valence electrons. The summed E-state index contributed by atoms with van der Waals surface area (Å²) in [7, 11) is 1.89. The zero-order valence-electron chi connectivity index (χ0n) is 15.2. The van der Waals surface area contributed by atoms with Crippen LogP contribution in [0.1, 0.15) is 23.7 Å².